The Balaban J connectivity index is 2.09. The van der Waals surface area contributed by atoms with Crippen LogP contribution in [0.1, 0.15) is 10.6 Å². The molecule has 74 valence electrons. The fourth-order valence-electron chi connectivity index (χ4n) is 1.44. The molecule has 0 fully saturated rings. The standard InChI is InChI=1S/C10H12N2S2/c1-8-7-11-10(13)12(8)5-4-9-3-2-6-14-9/h2-3,6-7H,4-5H2,1H3,(H,11,13). The van der Waals surface area contributed by atoms with Gasteiger partial charge in [0.15, 0.2) is 4.77 Å². The predicted octanol–water partition coefficient (Wildman–Crippen LogP) is 3.16. The van der Waals surface area contributed by atoms with Crippen molar-refractivity contribution in [3.63, 3.8) is 0 Å². The fourth-order valence-corrected chi connectivity index (χ4v) is 2.43. The molecular formula is C10H12N2S2. The van der Waals surface area contributed by atoms with Gasteiger partial charge in [-0.1, -0.05) is 6.07 Å². The van der Waals surface area contributed by atoms with Crippen LogP contribution in [0, 0.1) is 11.7 Å². The number of nitrogens with one attached hydrogen (secondary N) is 1. The molecule has 0 aliphatic carbocycles. The first-order chi connectivity index (χ1) is 6.77. The van der Waals surface area contributed by atoms with Crippen LogP contribution in [-0.4, -0.2) is 9.55 Å². The summed E-state index contributed by atoms with van der Waals surface area (Å²) in [6.07, 6.45) is 3.02. The lowest BCUT2D eigenvalue weighted by atomic mass is 10.3. The first kappa shape index (κ1) is 9.68. The van der Waals surface area contributed by atoms with Crippen LogP contribution in [0.15, 0.2) is 23.7 Å². The van der Waals surface area contributed by atoms with Crippen LogP contribution in [0.3, 0.4) is 0 Å². The smallest absolute Gasteiger partial charge is 0.177 e. The molecule has 2 nitrogen and oxygen atoms in total. The molecule has 1 N–H and O–H groups in total. The van der Waals surface area contributed by atoms with Gasteiger partial charge in [-0.25, -0.2) is 0 Å². The summed E-state index contributed by atoms with van der Waals surface area (Å²) in [5.41, 5.74) is 1.20. The number of rotatable bonds is 3. The molecule has 0 unspecified atom stereocenters. The van der Waals surface area contributed by atoms with Gasteiger partial charge in [-0.2, -0.15) is 0 Å². The first-order valence-electron chi connectivity index (χ1n) is 4.54. The summed E-state index contributed by atoms with van der Waals surface area (Å²) < 4.78 is 2.95. The highest BCUT2D eigenvalue weighted by molar-refractivity contribution is 7.71. The van der Waals surface area contributed by atoms with Gasteiger partial charge in [0.25, 0.3) is 0 Å². The van der Waals surface area contributed by atoms with Gasteiger partial charge in [0.2, 0.25) is 0 Å². The molecule has 0 bridgehead atoms. The third kappa shape index (κ3) is 1.96. The summed E-state index contributed by atoms with van der Waals surface area (Å²) in [6, 6.07) is 4.25. The van der Waals surface area contributed by atoms with E-state index >= 15 is 0 Å². The van der Waals surface area contributed by atoms with E-state index in [4.69, 9.17) is 12.2 Å². The molecule has 14 heavy (non-hydrogen) atoms. The van der Waals surface area contributed by atoms with Crippen molar-refractivity contribution < 1.29 is 0 Å². The van der Waals surface area contributed by atoms with Crippen LogP contribution in [-0.2, 0) is 13.0 Å². The van der Waals surface area contributed by atoms with Gasteiger partial charge in [0.05, 0.1) is 0 Å². The van der Waals surface area contributed by atoms with Gasteiger partial charge in [-0.05, 0) is 37.0 Å². The van der Waals surface area contributed by atoms with Crippen LogP contribution in [0.5, 0.6) is 0 Å². The Hall–Kier alpha value is -0.870. The zero-order valence-corrected chi connectivity index (χ0v) is 9.62. The average Bonchev–Trinajstić information content (AvgIpc) is 2.76. The van der Waals surface area contributed by atoms with Gasteiger partial charge >= 0.3 is 0 Å². The highest BCUT2D eigenvalue weighted by atomic mass is 32.1. The molecule has 4 heteroatoms. The highest BCUT2D eigenvalue weighted by Crippen LogP contribution is 2.11. The molecule has 2 heterocycles. The van der Waals surface area contributed by atoms with E-state index < -0.39 is 0 Å². The second kappa shape index (κ2) is 4.11. The quantitative estimate of drug-likeness (QED) is 0.794. The van der Waals surface area contributed by atoms with Crippen LogP contribution in [0.4, 0.5) is 0 Å². The maximum Gasteiger partial charge on any atom is 0.177 e. The SMILES string of the molecule is Cc1c[nH]c(=S)n1CCc1cccs1. The lowest BCUT2D eigenvalue weighted by molar-refractivity contribution is 0.674. The van der Waals surface area contributed by atoms with E-state index in [9.17, 15) is 0 Å². The average molecular weight is 224 g/mol. The number of nitrogens with zero attached hydrogens (tertiary/aromatic N) is 1. The van der Waals surface area contributed by atoms with Crippen LogP contribution >= 0.6 is 23.6 Å². The first-order valence-corrected chi connectivity index (χ1v) is 5.83. The molecule has 0 saturated carbocycles. The van der Waals surface area contributed by atoms with E-state index in [1.54, 1.807) is 11.3 Å². The van der Waals surface area contributed by atoms with Crippen LogP contribution in [0.2, 0.25) is 0 Å². The molecule has 2 rings (SSSR count). The van der Waals surface area contributed by atoms with E-state index in [0.29, 0.717) is 0 Å². The molecule has 0 radical (unpaired) electrons. The minimum Gasteiger partial charge on any atom is -0.337 e. The summed E-state index contributed by atoms with van der Waals surface area (Å²) in [7, 11) is 0. The second-order valence-electron chi connectivity index (χ2n) is 3.22. The molecule has 0 spiro atoms. The highest BCUT2D eigenvalue weighted by Gasteiger charge is 1.99. The summed E-state index contributed by atoms with van der Waals surface area (Å²) >= 11 is 6.98. The topological polar surface area (TPSA) is 20.7 Å². The van der Waals surface area contributed by atoms with E-state index in [0.717, 1.165) is 17.7 Å². The maximum atomic E-state index is 5.18. The number of aryl methyl sites for hydroxylation is 2. The molecule has 0 amide bonds. The summed E-state index contributed by atoms with van der Waals surface area (Å²) in [5, 5.41) is 2.11. The second-order valence-corrected chi connectivity index (χ2v) is 4.64. The van der Waals surface area contributed by atoms with E-state index in [-0.39, 0.29) is 0 Å². The molecule has 0 aromatic carbocycles. The van der Waals surface area contributed by atoms with Crippen LogP contribution < -0.4 is 0 Å². The van der Waals surface area contributed by atoms with E-state index in [1.807, 2.05) is 6.20 Å². The largest absolute Gasteiger partial charge is 0.337 e. The number of hydrogen-bond acceptors (Lipinski definition) is 2. The Morgan fingerprint density at radius 3 is 3.00 bits per heavy atom. The lowest BCUT2D eigenvalue weighted by Gasteiger charge is -2.03. The van der Waals surface area contributed by atoms with Crippen molar-refractivity contribution in [2.75, 3.05) is 0 Å². The number of hydrogen-bond donors (Lipinski definition) is 1. The van der Waals surface area contributed by atoms with Gasteiger partial charge in [0, 0.05) is 23.3 Å². The Morgan fingerprint density at radius 2 is 2.43 bits per heavy atom. The van der Waals surface area contributed by atoms with Crippen LogP contribution in [0.25, 0.3) is 0 Å². The maximum absolute atomic E-state index is 5.18. The van der Waals surface area contributed by atoms with E-state index in [1.165, 1.54) is 10.6 Å². The van der Waals surface area contributed by atoms with Crippen molar-refractivity contribution in [3.8, 4) is 0 Å². The van der Waals surface area contributed by atoms with Crippen molar-refractivity contribution in [3.05, 3.63) is 39.1 Å². The van der Waals surface area contributed by atoms with Gasteiger partial charge in [0.1, 0.15) is 0 Å². The molecule has 2 aromatic rings. The van der Waals surface area contributed by atoms with Crippen molar-refractivity contribution in [2.24, 2.45) is 0 Å². The lowest BCUT2D eigenvalue weighted by Crippen LogP contribution is -2.02. The predicted molar refractivity (Wildman–Crippen MR) is 62.4 cm³/mol. The Kier molecular flexibility index (Phi) is 2.84. The third-order valence-electron chi connectivity index (χ3n) is 2.24. The summed E-state index contributed by atoms with van der Waals surface area (Å²) in [5.74, 6) is 0. The summed E-state index contributed by atoms with van der Waals surface area (Å²) in [4.78, 5) is 4.46. The summed E-state index contributed by atoms with van der Waals surface area (Å²) in [6.45, 7) is 3.04. The minimum atomic E-state index is 0.819. The normalized spacial score (nSPS) is 10.6. The molecule has 0 atom stereocenters. The van der Waals surface area contributed by atoms with Gasteiger partial charge in [-0.3, -0.25) is 0 Å². The van der Waals surface area contributed by atoms with E-state index in [2.05, 4.69) is 34.0 Å². The number of aromatic nitrogens is 2. The van der Waals surface area contributed by atoms with Crippen molar-refractivity contribution in [1.29, 1.82) is 0 Å². The molecular weight excluding hydrogens is 212 g/mol. The van der Waals surface area contributed by atoms with Crippen molar-refractivity contribution in [2.45, 2.75) is 19.9 Å². The molecule has 0 aliphatic heterocycles. The number of H-pyrrole nitrogens is 1. The fraction of sp³-hybridized carbons (Fsp3) is 0.300. The monoisotopic (exact) mass is 224 g/mol. The van der Waals surface area contributed by atoms with Crippen molar-refractivity contribution >= 4 is 23.6 Å². The number of thiophene rings is 1. The Labute approximate surface area is 92.2 Å². The third-order valence-corrected chi connectivity index (χ3v) is 3.51. The minimum absolute atomic E-state index is 0.819. The molecule has 0 aliphatic rings. The Morgan fingerprint density at radius 1 is 1.57 bits per heavy atom. The molecule has 2 aromatic heterocycles. The zero-order chi connectivity index (χ0) is 9.97. The van der Waals surface area contributed by atoms with Gasteiger partial charge < -0.3 is 9.55 Å². The number of aromatic amines is 1. The number of imidazole rings is 1. The zero-order valence-electron chi connectivity index (χ0n) is 7.99. The van der Waals surface area contributed by atoms with Gasteiger partial charge in [-0.15, -0.1) is 11.3 Å². The Bertz CT molecular complexity index is 451. The molecule has 0 saturated heterocycles. The van der Waals surface area contributed by atoms with Crippen molar-refractivity contribution in [1.82, 2.24) is 9.55 Å².